The Hall–Kier alpha value is -2.78. The number of halogens is 3. The van der Waals surface area contributed by atoms with Gasteiger partial charge in [-0.05, 0) is 19.1 Å². The lowest BCUT2D eigenvalue weighted by molar-refractivity contribution is -0.160. The zero-order valence-corrected chi connectivity index (χ0v) is 14.5. The normalized spacial score (nSPS) is 18.3. The minimum absolute atomic E-state index is 0.0763. The highest BCUT2D eigenvalue weighted by Gasteiger charge is 2.40. The number of alkyl halides is 3. The van der Waals surface area contributed by atoms with E-state index in [1.54, 1.807) is 31.2 Å². The Labute approximate surface area is 153 Å². The van der Waals surface area contributed by atoms with Crippen LogP contribution in [0.4, 0.5) is 18.9 Å². The van der Waals surface area contributed by atoms with Crippen molar-refractivity contribution in [3.8, 4) is 5.75 Å². The molecular formula is C17H19F3N2O5. The van der Waals surface area contributed by atoms with E-state index < -0.39 is 42.3 Å². The van der Waals surface area contributed by atoms with Crippen LogP contribution in [-0.4, -0.2) is 48.3 Å². The van der Waals surface area contributed by atoms with Crippen molar-refractivity contribution in [1.29, 1.82) is 0 Å². The van der Waals surface area contributed by atoms with Crippen LogP contribution >= 0.6 is 0 Å². The van der Waals surface area contributed by atoms with Gasteiger partial charge >= 0.3 is 12.1 Å². The highest BCUT2D eigenvalue weighted by Crippen LogP contribution is 2.33. The van der Waals surface area contributed by atoms with Crippen molar-refractivity contribution in [2.24, 2.45) is 5.92 Å². The van der Waals surface area contributed by atoms with Crippen molar-refractivity contribution in [2.75, 3.05) is 18.1 Å². The van der Waals surface area contributed by atoms with Crippen LogP contribution in [0.25, 0.3) is 0 Å². The van der Waals surface area contributed by atoms with E-state index in [2.05, 4.69) is 0 Å². The van der Waals surface area contributed by atoms with Gasteiger partial charge in [0.25, 0.3) is 0 Å². The van der Waals surface area contributed by atoms with E-state index in [0.717, 1.165) is 0 Å². The number of nitrogens with one attached hydrogen (secondary N) is 1. The first-order chi connectivity index (χ1) is 12.6. The summed E-state index contributed by atoms with van der Waals surface area (Å²) in [4.78, 5) is 36.8. The van der Waals surface area contributed by atoms with E-state index in [-0.39, 0.29) is 13.0 Å². The monoisotopic (exact) mass is 388 g/mol. The third kappa shape index (κ3) is 5.35. The van der Waals surface area contributed by atoms with Crippen LogP contribution in [0.3, 0.4) is 0 Å². The Morgan fingerprint density at radius 3 is 2.63 bits per heavy atom. The maximum atomic E-state index is 12.5. The molecule has 2 unspecified atom stereocenters. The highest BCUT2D eigenvalue weighted by atomic mass is 19.4. The summed E-state index contributed by atoms with van der Waals surface area (Å²) in [6.07, 6.45) is -6.67. The van der Waals surface area contributed by atoms with E-state index in [1.807, 2.05) is 5.32 Å². The van der Waals surface area contributed by atoms with Crippen molar-refractivity contribution in [1.82, 2.24) is 5.32 Å². The van der Waals surface area contributed by atoms with Gasteiger partial charge in [-0.25, -0.2) is 4.79 Å². The zero-order valence-electron chi connectivity index (χ0n) is 14.5. The number of benzene rings is 1. The first-order valence-corrected chi connectivity index (χ1v) is 8.24. The lowest BCUT2D eigenvalue weighted by Gasteiger charge is -2.21. The lowest BCUT2D eigenvalue weighted by atomic mass is 10.1. The average Bonchev–Trinajstić information content (AvgIpc) is 2.95. The number of rotatable bonds is 7. The molecule has 1 saturated heterocycles. The van der Waals surface area contributed by atoms with Crippen LogP contribution in [0.1, 0.15) is 19.8 Å². The van der Waals surface area contributed by atoms with Gasteiger partial charge in [0, 0.05) is 13.0 Å². The van der Waals surface area contributed by atoms with E-state index in [9.17, 15) is 27.6 Å². The number of carboxylic acid groups (broad SMARTS) is 1. The van der Waals surface area contributed by atoms with Crippen LogP contribution in [0.15, 0.2) is 24.3 Å². The summed E-state index contributed by atoms with van der Waals surface area (Å²) < 4.78 is 42.8. The number of hydrogen-bond donors (Lipinski definition) is 2. The lowest BCUT2D eigenvalue weighted by Crippen LogP contribution is -2.46. The summed E-state index contributed by atoms with van der Waals surface area (Å²) in [5.41, 5.74) is 0.449. The molecule has 148 valence electrons. The Morgan fingerprint density at radius 2 is 2.04 bits per heavy atom. The van der Waals surface area contributed by atoms with E-state index in [1.165, 1.54) is 4.90 Å². The summed E-state index contributed by atoms with van der Waals surface area (Å²) in [6.45, 7) is 2.05. The molecule has 27 heavy (non-hydrogen) atoms. The molecule has 0 aromatic heterocycles. The second-order valence-corrected chi connectivity index (χ2v) is 6.02. The first-order valence-electron chi connectivity index (χ1n) is 8.24. The number of nitrogens with zero attached hydrogens (tertiary/aromatic N) is 1. The maximum Gasteiger partial charge on any atom is 0.391 e. The average molecular weight is 388 g/mol. The molecule has 0 spiro atoms. The van der Waals surface area contributed by atoms with E-state index in [4.69, 9.17) is 9.84 Å². The Balaban J connectivity index is 2.10. The summed E-state index contributed by atoms with van der Waals surface area (Å²) in [5.74, 6) is -3.61. The number of para-hydroxylation sites is 2. The summed E-state index contributed by atoms with van der Waals surface area (Å²) in [7, 11) is 0. The molecule has 1 aliphatic rings. The molecular weight excluding hydrogens is 369 g/mol. The van der Waals surface area contributed by atoms with Gasteiger partial charge < -0.3 is 20.1 Å². The number of ether oxygens (including phenoxy) is 1. The summed E-state index contributed by atoms with van der Waals surface area (Å²) in [5, 5.41) is 10.8. The quantitative estimate of drug-likeness (QED) is 0.745. The largest absolute Gasteiger partial charge is 0.492 e. The Bertz CT molecular complexity index is 723. The van der Waals surface area contributed by atoms with Crippen LogP contribution in [0, 0.1) is 5.92 Å². The van der Waals surface area contributed by atoms with Gasteiger partial charge in [0.2, 0.25) is 11.8 Å². The number of anilines is 1. The van der Waals surface area contributed by atoms with Gasteiger partial charge in [-0.15, -0.1) is 0 Å². The van der Waals surface area contributed by atoms with Gasteiger partial charge in [-0.2, -0.15) is 13.2 Å². The van der Waals surface area contributed by atoms with Crippen molar-refractivity contribution in [3.05, 3.63) is 24.3 Å². The fourth-order valence-electron chi connectivity index (χ4n) is 2.79. The zero-order chi connectivity index (χ0) is 20.2. The smallest absolute Gasteiger partial charge is 0.391 e. The van der Waals surface area contributed by atoms with Crippen molar-refractivity contribution in [2.45, 2.75) is 32.0 Å². The molecule has 1 fully saturated rings. The minimum atomic E-state index is -4.75. The molecule has 1 aromatic rings. The molecule has 0 bridgehead atoms. The number of carbonyl (C=O) groups is 3. The molecule has 0 radical (unpaired) electrons. The van der Waals surface area contributed by atoms with Gasteiger partial charge in [-0.3, -0.25) is 9.59 Å². The minimum Gasteiger partial charge on any atom is -0.492 e. The second kappa shape index (κ2) is 8.28. The molecule has 0 aliphatic carbocycles. The maximum absolute atomic E-state index is 12.5. The molecule has 1 aromatic carbocycles. The number of amides is 2. The first kappa shape index (κ1) is 20.5. The number of carbonyl (C=O) groups excluding carboxylic acids is 2. The number of aliphatic carboxylic acids is 1. The van der Waals surface area contributed by atoms with Gasteiger partial charge in [0.15, 0.2) is 0 Å². The third-order valence-corrected chi connectivity index (χ3v) is 4.00. The van der Waals surface area contributed by atoms with Crippen LogP contribution < -0.4 is 15.0 Å². The van der Waals surface area contributed by atoms with E-state index in [0.29, 0.717) is 18.0 Å². The van der Waals surface area contributed by atoms with Crippen molar-refractivity contribution < 1.29 is 37.4 Å². The molecule has 7 nitrogen and oxygen atoms in total. The van der Waals surface area contributed by atoms with Crippen LogP contribution in [0.2, 0.25) is 0 Å². The van der Waals surface area contributed by atoms with Crippen LogP contribution in [0.5, 0.6) is 5.75 Å². The topological polar surface area (TPSA) is 95.9 Å². The van der Waals surface area contributed by atoms with Gasteiger partial charge in [0.1, 0.15) is 11.8 Å². The molecule has 2 rings (SSSR count). The third-order valence-electron chi connectivity index (χ3n) is 4.00. The predicted molar refractivity (Wildman–Crippen MR) is 88.3 cm³/mol. The summed E-state index contributed by atoms with van der Waals surface area (Å²) in [6, 6.07) is 4.59. The number of carboxylic acids is 1. The molecule has 2 N–H and O–H groups in total. The van der Waals surface area contributed by atoms with E-state index >= 15 is 0 Å². The van der Waals surface area contributed by atoms with Gasteiger partial charge in [0.05, 0.1) is 24.6 Å². The molecule has 0 saturated carbocycles. The standard InChI is InChI=1S/C17H19F3N2O5/c1-2-27-13-6-4-3-5-12(13)22-9-10(7-14(22)23)15(24)21-11(16(25)26)8-17(18,19)20/h3-6,10-11H,2,7-9H2,1H3,(H,21,24)(H,25,26). The molecule has 2 amide bonds. The summed E-state index contributed by atoms with van der Waals surface area (Å²) >= 11 is 0. The fraction of sp³-hybridized carbons (Fsp3) is 0.471. The predicted octanol–water partition coefficient (Wildman–Crippen LogP) is 1.96. The molecule has 2 atom stereocenters. The highest BCUT2D eigenvalue weighted by molar-refractivity contribution is 6.01. The molecule has 1 aliphatic heterocycles. The Morgan fingerprint density at radius 1 is 1.37 bits per heavy atom. The van der Waals surface area contributed by atoms with Crippen LogP contribution in [-0.2, 0) is 14.4 Å². The Kier molecular flexibility index (Phi) is 6.29. The second-order valence-electron chi connectivity index (χ2n) is 6.02. The fourth-order valence-corrected chi connectivity index (χ4v) is 2.79. The number of hydrogen-bond acceptors (Lipinski definition) is 4. The van der Waals surface area contributed by atoms with Crippen molar-refractivity contribution in [3.63, 3.8) is 0 Å². The van der Waals surface area contributed by atoms with Crippen molar-refractivity contribution >= 4 is 23.5 Å². The molecule has 1 heterocycles. The molecule has 10 heteroatoms. The van der Waals surface area contributed by atoms with Gasteiger partial charge in [-0.1, -0.05) is 12.1 Å². The SMILES string of the molecule is CCOc1ccccc1N1CC(C(=O)NC(CC(F)(F)F)C(=O)O)CC1=O.